The van der Waals surface area contributed by atoms with Crippen molar-refractivity contribution >= 4 is 39.1 Å². The molecule has 0 unspecified atom stereocenters. The van der Waals surface area contributed by atoms with E-state index in [4.69, 9.17) is 5.73 Å². The summed E-state index contributed by atoms with van der Waals surface area (Å²) in [5, 5.41) is 5.02. The van der Waals surface area contributed by atoms with Gasteiger partial charge in [-0.1, -0.05) is 18.2 Å². The summed E-state index contributed by atoms with van der Waals surface area (Å²) >= 11 is 0. The van der Waals surface area contributed by atoms with Gasteiger partial charge in [0, 0.05) is 25.4 Å². The topological polar surface area (TPSA) is 130 Å². The number of hydrogen-bond donors (Lipinski definition) is 3. The molecule has 0 aliphatic heterocycles. The smallest absolute Gasteiger partial charge is 0.366 e. The van der Waals surface area contributed by atoms with Crippen LogP contribution in [0.1, 0.15) is 21.5 Å². The summed E-state index contributed by atoms with van der Waals surface area (Å²) in [7, 11) is -2.30. The molecule has 3 rings (SSSR count). The zero-order valence-electron chi connectivity index (χ0n) is 18.4. The molecule has 0 saturated carbocycles. The number of halogens is 4. The predicted octanol–water partition coefficient (Wildman–Crippen LogP) is 3.48. The van der Waals surface area contributed by atoms with Crippen molar-refractivity contribution in [1.82, 2.24) is 9.97 Å². The minimum absolute atomic E-state index is 0.0959. The summed E-state index contributed by atoms with van der Waals surface area (Å²) in [5.74, 6) is -2.71. The molecule has 0 aliphatic carbocycles. The third-order valence-corrected chi connectivity index (χ3v) is 6.06. The Balaban J connectivity index is 1.93. The Hall–Kier alpha value is -3.94. The predicted molar refractivity (Wildman–Crippen MR) is 122 cm³/mol. The van der Waals surface area contributed by atoms with E-state index in [9.17, 15) is 30.8 Å². The van der Waals surface area contributed by atoms with Gasteiger partial charge in [0.15, 0.2) is 0 Å². The number of alkyl halides is 3. The number of para-hydroxylation sites is 1. The van der Waals surface area contributed by atoms with Crippen LogP contribution in [0.3, 0.4) is 0 Å². The maximum Gasteiger partial charge on any atom is 0.421 e. The number of benzene rings is 2. The third-order valence-electron chi connectivity index (χ3n) is 4.87. The fourth-order valence-corrected chi connectivity index (χ4v) is 3.53. The number of amides is 1. The lowest BCUT2D eigenvalue weighted by Gasteiger charge is -2.21. The van der Waals surface area contributed by atoms with E-state index < -0.39 is 39.3 Å². The highest BCUT2D eigenvalue weighted by Crippen LogP contribution is 2.35. The van der Waals surface area contributed by atoms with Crippen LogP contribution in [0, 0.1) is 5.82 Å². The normalized spacial score (nSPS) is 11.7. The number of carbonyl (C=O) groups is 1. The highest BCUT2D eigenvalue weighted by molar-refractivity contribution is 7.92. The Morgan fingerprint density at radius 3 is 2.46 bits per heavy atom. The van der Waals surface area contributed by atoms with E-state index in [-0.39, 0.29) is 29.4 Å². The molecule has 0 spiro atoms. The molecular formula is C21H20F4N6O3S. The van der Waals surface area contributed by atoms with Crippen molar-refractivity contribution in [3.05, 3.63) is 71.2 Å². The SMILES string of the molecule is CN(c1ccccc1CNc1nc(Nc2ccc(C(N)=O)cc2F)ncc1C(F)(F)F)S(C)(=O)=O. The fourth-order valence-electron chi connectivity index (χ4n) is 3.00. The maximum atomic E-state index is 14.3. The van der Waals surface area contributed by atoms with Crippen LogP contribution in [0.4, 0.5) is 40.7 Å². The molecule has 0 aliphatic rings. The van der Waals surface area contributed by atoms with Crippen LogP contribution < -0.4 is 20.7 Å². The molecule has 0 bridgehead atoms. The monoisotopic (exact) mass is 512 g/mol. The van der Waals surface area contributed by atoms with Gasteiger partial charge in [0.1, 0.15) is 17.2 Å². The summed E-state index contributed by atoms with van der Waals surface area (Å²) in [6.07, 6.45) is -3.28. The van der Waals surface area contributed by atoms with Crippen LogP contribution in [0.25, 0.3) is 0 Å². The van der Waals surface area contributed by atoms with Gasteiger partial charge in [0.05, 0.1) is 17.6 Å². The summed E-state index contributed by atoms with van der Waals surface area (Å²) in [6.45, 7) is -0.211. The van der Waals surface area contributed by atoms with E-state index in [1.54, 1.807) is 18.2 Å². The van der Waals surface area contributed by atoms with Gasteiger partial charge in [-0.2, -0.15) is 18.2 Å². The van der Waals surface area contributed by atoms with Crippen LogP contribution in [-0.2, 0) is 22.7 Å². The minimum atomic E-state index is -4.81. The molecular weight excluding hydrogens is 492 g/mol. The highest BCUT2D eigenvalue weighted by atomic mass is 32.2. The number of rotatable bonds is 8. The molecule has 0 fully saturated rings. The zero-order chi connectivity index (χ0) is 26.0. The van der Waals surface area contributed by atoms with Gasteiger partial charge < -0.3 is 16.4 Å². The molecule has 0 saturated heterocycles. The molecule has 14 heteroatoms. The summed E-state index contributed by atoms with van der Waals surface area (Å²) in [4.78, 5) is 18.6. The third kappa shape index (κ3) is 6.15. The van der Waals surface area contributed by atoms with Crippen molar-refractivity contribution in [1.29, 1.82) is 0 Å². The van der Waals surface area contributed by atoms with Gasteiger partial charge in [-0.15, -0.1) is 0 Å². The molecule has 186 valence electrons. The van der Waals surface area contributed by atoms with Crippen LogP contribution in [-0.4, -0.2) is 37.6 Å². The second kappa shape index (κ2) is 9.74. The van der Waals surface area contributed by atoms with Gasteiger partial charge in [0.2, 0.25) is 21.9 Å². The van der Waals surface area contributed by atoms with Crippen molar-refractivity contribution in [2.75, 3.05) is 28.2 Å². The van der Waals surface area contributed by atoms with Crippen molar-refractivity contribution in [2.24, 2.45) is 5.73 Å². The lowest BCUT2D eigenvalue weighted by molar-refractivity contribution is -0.137. The summed E-state index contributed by atoms with van der Waals surface area (Å²) in [5.41, 5.74) is 4.27. The maximum absolute atomic E-state index is 14.3. The second-order valence-electron chi connectivity index (χ2n) is 7.35. The Morgan fingerprint density at radius 1 is 1.17 bits per heavy atom. The van der Waals surface area contributed by atoms with E-state index in [0.29, 0.717) is 11.8 Å². The fraction of sp³-hybridized carbons (Fsp3) is 0.190. The van der Waals surface area contributed by atoms with Gasteiger partial charge >= 0.3 is 6.18 Å². The van der Waals surface area contributed by atoms with Gasteiger partial charge in [-0.3, -0.25) is 9.10 Å². The summed E-state index contributed by atoms with van der Waals surface area (Å²) in [6, 6.07) is 9.51. The first-order valence-corrected chi connectivity index (χ1v) is 11.7. The Labute approximate surface area is 198 Å². The second-order valence-corrected chi connectivity index (χ2v) is 9.36. The largest absolute Gasteiger partial charge is 0.421 e. The molecule has 4 N–H and O–H groups in total. The molecule has 0 atom stereocenters. The Morgan fingerprint density at radius 2 is 1.86 bits per heavy atom. The average Bonchev–Trinajstić information content (AvgIpc) is 2.77. The van der Waals surface area contributed by atoms with Crippen LogP contribution >= 0.6 is 0 Å². The Kier molecular flexibility index (Phi) is 7.14. The lowest BCUT2D eigenvalue weighted by atomic mass is 10.1. The quantitative estimate of drug-likeness (QED) is 0.394. The molecule has 2 aromatic carbocycles. The number of hydrogen-bond acceptors (Lipinski definition) is 7. The van der Waals surface area contributed by atoms with E-state index in [1.807, 2.05) is 0 Å². The first-order chi connectivity index (χ1) is 16.3. The first-order valence-electron chi connectivity index (χ1n) is 9.83. The van der Waals surface area contributed by atoms with Gasteiger partial charge in [0.25, 0.3) is 0 Å². The molecule has 1 aromatic heterocycles. The number of nitrogens with two attached hydrogens (primary N) is 1. The Bertz CT molecular complexity index is 1370. The van der Waals surface area contributed by atoms with Crippen molar-refractivity contribution in [3.8, 4) is 0 Å². The molecule has 0 radical (unpaired) electrons. The van der Waals surface area contributed by atoms with E-state index in [1.165, 1.54) is 25.2 Å². The van der Waals surface area contributed by atoms with E-state index >= 15 is 0 Å². The number of primary amides is 1. The first kappa shape index (κ1) is 25.7. The number of sulfonamides is 1. The van der Waals surface area contributed by atoms with Crippen LogP contribution in [0.5, 0.6) is 0 Å². The van der Waals surface area contributed by atoms with E-state index in [2.05, 4.69) is 20.6 Å². The van der Waals surface area contributed by atoms with Crippen LogP contribution in [0.15, 0.2) is 48.7 Å². The number of anilines is 4. The summed E-state index contributed by atoms with van der Waals surface area (Å²) < 4.78 is 79.8. The number of nitrogens with zero attached hydrogens (tertiary/aromatic N) is 3. The molecule has 3 aromatic rings. The van der Waals surface area contributed by atoms with Gasteiger partial charge in [-0.05, 0) is 29.8 Å². The molecule has 1 amide bonds. The van der Waals surface area contributed by atoms with Crippen molar-refractivity contribution in [3.63, 3.8) is 0 Å². The standard InChI is InChI=1S/C21H20F4N6O3S/c1-31(35(2,33)34)17-6-4-3-5-13(17)10-27-19-14(21(23,24)25)11-28-20(30-19)29-16-8-7-12(18(26)32)9-15(16)22/h3-9,11H,10H2,1-2H3,(H2,26,32)(H2,27,28,29,30). The number of carbonyl (C=O) groups excluding carboxylic acids is 1. The minimum Gasteiger partial charge on any atom is -0.366 e. The highest BCUT2D eigenvalue weighted by Gasteiger charge is 2.35. The van der Waals surface area contributed by atoms with E-state index in [0.717, 1.165) is 16.6 Å². The number of nitrogens with one attached hydrogen (secondary N) is 2. The lowest BCUT2D eigenvalue weighted by Crippen LogP contribution is -2.26. The number of aromatic nitrogens is 2. The van der Waals surface area contributed by atoms with Crippen molar-refractivity contribution in [2.45, 2.75) is 12.7 Å². The van der Waals surface area contributed by atoms with Crippen molar-refractivity contribution < 1.29 is 30.8 Å². The average molecular weight is 512 g/mol. The van der Waals surface area contributed by atoms with Gasteiger partial charge in [-0.25, -0.2) is 17.8 Å². The van der Waals surface area contributed by atoms with Crippen LogP contribution in [0.2, 0.25) is 0 Å². The molecule has 35 heavy (non-hydrogen) atoms. The molecule has 9 nitrogen and oxygen atoms in total. The molecule has 1 heterocycles. The zero-order valence-corrected chi connectivity index (χ0v) is 19.2.